The summed E-state index contributed by atoms with van der Waals surface area (Å²) in [4.78, 5) is 13.0. The fraction of sp³-hybridized carbons (Fsp3) is 0.238. The minimum atomic E-state index is -0.827. The number of carbonyl (C=O) groups excluding carboxylic acids is 1. The molecule has 9 heteroatoms. The van der Waals surface area contributed by atoms with Gasteiger partial charge in [0, 0.05) is 17.0 Å². The van der Waals surface area contributed by atoms with Gasteiger partial charge < -0.3 is 10.6 Å². The lowest BCUT2D eigenvalue weighted by molar-refractivity contribution is 0.102. The quantitative estimate of drug-likeness (QED) is 0.588. The Bertz CT molecular complexity index is 1030. The van der Waals surface area contributed by atoms with E-state index >= 15 is 0 Å². The van der Waals surface area contributed by atoms with Gasteiger partial charge in [0.25, 0.3) is 5.91 Å². The van der Waals surface area contributed by atoms with E-state index in [0.717, 1.165) is 49.4 Å². The van der Waals surface area contributed by atoms with Crippen molar-refractivity contribution >= 4 is 35.6 Å². The SMILES string of the molecule is Cl.O=C(Nc1ccc(F)cc1F)c1cnn(-c2ccc(Cl)cc2)c1C1CCNCC1. The first-order valence-corrected chi connectivity index (χ1v) is 9.71. The summed E-state index contributed by atoms with van der Waals surface area (Å²) in [7, 11) is 0. The van der Waals surface area contributed by atoms with Gasteiger partial charge in [-0.15, -0.1) is 12.4 Å². The van der Waals surface area contributed by atoms with Gasteiger partial charge in [0.2, 0.25) is 0 Å². The van der Waals surface area contributed by atoms with Crippen molar-refractivity contribution in [3.63, 3.8) is 0 Å². The average Bonchev–Trinajstić information content (AvgIpc) is 3.16. The molecule has 1 aliphatic rings. The maximum absolute atomic E-state index is 14.0. The Hall–Kier alpha value is -2.48. The Labute approximate surface area is 183 Å². The second-order valence-corrected chi connectivity index (χ2v) is 7.37. The molecule has 0 atom stereocenters. The number of hydrogen-bond donors (Lipinski definition) is 2. The molecule has 158 valence electrons. The van der Waals surface area contributed by atoms with Crippen molar-refractivity contribution in [3.05, 3.63) is 76.6 Å². The summed E-state index contributed by atoms with van der Waals surface area (Å²) in [6.07, 6.45) is 3.19. The zero-order valence-electron chi connectivity index (χ0n) is 15.9. The van der Waals surface area contributed by atoms with Gasteiger partial charge in [-0.3, -0.25) is 4.79 Å². The number of carbonyl (C=O) groups is 1. The zero-order valence-corrected chi connectivity index (χ0v) is 17.4. The van der Waals surface area contributed by atoms with Crippen LogP contribution in [0.15, 0.2) is 48.7 Å². The van der Waals surface area contributed by atoms with Crippen LogP contribution in [0.3, 0.4) is 0 Å². The van der Waals surface area contributed by atoms with E-state index in [1.54, 1.807) is 16.8 Å². The molecular formula is C21H20Cl2F2N4O. The van der Waals surface area contributed by atoms with E-state index in [2.05, 4.69) is 15.7 Å². The molecule has 0 bridgehead atoms. The van der Waals surface area contributed by atoms with E-state index in [1.165, 1.54) is 12.3 Å². The standard InChI is InChI=1S/C21H19ClF2N4O.ClH/c22-14-1-4-16(5-2-14)28-20(13-7-9-25-10-8-13)17(12-26-28)21(29)27-19-6-3-15(23)11-18(19)24;/h1-6,11-13,25H,7-10H2,(H,27,29);1H. The summed E-state index contributed by atoms with van der Waals surface area (Å²) in [5.41, 5.74) is 1.85. The van der Waals surface area contributed by atoms with Gasteiger partial charge in [0.15, 0.2) is 0 Å². The molecular weight excluding hydrogens is 433 g/mol. The van der Waals surface area contributed by atoms with Gasteiger partial charge in [-0.25, -0.2) is 13.5 Å². The molecule has 1 aliphatic heterocycles. The number of benzene rings is 2. The van der Waals surface area contributed by atoms with Crippen molar-refractivity contribution in [1.29, 1.82) is 0 Å². The van der Waals surface area contributed by atoms with Gasteiger partial charge >= 0.3 is 0 Å². The van der Waals surface area contributed by atoms with Crippen LogP contribution in [-0.4, -0.2) is 28.8 Å². The Morgan fingerprint density at radius 1 is 1.13 bits per heavy atom. The first kappa shape index (κ1) is 22.2. The highest BCUT2D eigenvalue weighted by atomic mass is 35.5. The Kier molecular flexibility index (Phi) is 7.07. The number of hydrogen-bond acceptors (Lipinski definition) is 3. The van der Waals surface area contributed by atoms with Gasteiger partial charge in [0.05, 0.1) is 28.8 Å². The first-order chi connectivity index (χ1) is 14.0. The van der Waals surface area contributed by atoms with Gasteiger partial charge in [-0.05, 0) is 62.3 Å². The summed E-state index contributed by atoms with van der Waals surface area (Å²) in [6.45, 7) is 1.67. The van der Waals surface area contributed by atoms with Crippen molar-refractivity contribution < 1.29 is 13.6 Å². The van der Waals surface area contributed by atoms with E-state index in [1.807, 2.05) is 12.1 Å². The van der Waals surface area contributed by atoms with Crippen LogP contribution >= 0.6 is 24.0 Å². The minimum Gasteiger partial charge on any atom is -0.319 e. The number of piperidine rings is 1. The molecule has 1 aromatic heterocycles. The molecule has 4 rings (SSSR count). The maximum atomic E-state index is 14.0. The highest BCUT2D eigenvalue weighted by Gasteiger charge is 2.27. The third kappa shape index (κ3) is 4.64. The molecule has 0 radical (unpaired) electrons. The molecule has 2 N–H and O–H groups in total. The van der Waals surface area contributed by atoms with Crippen LogP contribution in [-0.2, 0) is 0 Å². The third-order valence-corrected chi connectivity index (χ3v) is 5.28. The van der Waals surface area contributed by atoms with Crippen molar-refractivity contribution in [2.45, 2.75) is 18.8 Å². The van der Waals surface area contributed by atoms with E-state index in [9.17, 15) is 13.6 Å². The number of rotatable bonds is 4. The molecule has 1 amide bonds. The van der Waals surface area contributed by atoms with Crippen LogP contribution in [0.4, 0.5) is 14.5 Å². The highest BCUT2D eigenvalue weighted by molar-refractivity contribution is 6.30. The van der Waals surface area contributed by atoms with Gasteiger partial charge in [-0.2, -0.15) is 5.10 Å². The second-order valence-electron chi connectivity index (χ2n) is 6.93. The first-order valence-electron chi connectivity index (χ1n) is 9.34. The smallest absolute Gasteiger partial charge is 0.259 e. The third-order valence-electron chi connectivity index (χ3n) is 5.03. The van der Waals surface area contributed by atoms with Crippen LogP contribution in [0, 0.1) is 11.6 Å². The van der Waals surface area contributed by atoms with Crippen molar-refractivity contribution in [3.8, 4) is 5.69 Å². The molecule has 3 aromatic rings. The molecule has 5 nitrogen and oxygen atoms in total. The number of anilines is 1. The van der Waals surface area contributed by atoms with E-state index in [-0.39, 0.29) is 24.0 Å². The largest absolute Gasteiger partial charge is 0.319 e. The molecule has 2 heterocycles. The minimum absolute atomic E-state index is 0. The lowest BCUT2D eigenvalue weighted by Crippen LogP contribution is -2.29. The van der Waals surface area contributed by atoms with Crippen molar-refractivity contribution in [2.24, 2.45) is 0 Å². The second kappa shape index (κ2) is 9.55. The zero-order chi connectivity index (χ0) is 20.4. The number of nitrogens with zero attached hydrogens (tertiary/aromatic N) is 2. The summed E-state index contributed by atoms with van der Waals surface area (Å²) < 4.78 is 28.9. The van der Waals surface area contributed by atoms with E-state index in [4.69, 9.17) is 11.6 Å². The predicted octanol–water partition coefficient (Wildman–Crippen LogP) is 4.95. The number of aromatic nitrogens is 2. The van der Waals surface area contributed by atoms with Crippen LogP contribution in [0.2, 0.25) is 5.02 Å². The summed E-state index contributed by atoms with van der Waals surface area (Å²) in [6, 6.07) is 10.2. The van der Waals surface area contributed by atoms with Gasteiger partial charge in [0.1, 0.15) is 11.6 Å². The van der Waals surface area contributed by atoms with Crippen LogP contribution in [0.5, 0.6) is 0 Å². The normalized spacial score (nSPS) is 14.2. The van der Waals surface area contributed by atoms with Crippen molar-refractivity contribution in [1.82, 2.24) is 15.1 Å². The molecule has 0 saturated carbocycles. The molecule has 1 saturated heterocycles. The number of nitrogens with one attached hydrogen (secondary N) is 2. The van der Waals surface area contributed by atoms with Crippen LogP contribution in [0.1, 0.15) is 34.8 Å². The number of halogens is 4. The van der Waals surface area contributed by atoms with Crippen molar-refractivity contribution in [2.75, 3.05) is 18.4 Å². The maximum Gasteiger partial charge on any atom is 0.259 e. The lowest BCUT2D eigenvalue weighted by Gasteiger charge is -2.24. The topological polar surface area (TPSA) is 59.0 Å². The predicted molar refractivity (Wildman–Crippen MR) is 115 cm³/mol. The monoisotopic (exact) mass is 452 g/mol. The fourth-order valence-electron chi connectivity index (χ4n) is 3.59. The summed E-state index contributed by atoms with van der Waals surface area (Å²) in [5, 5.41) is 10.9. The summed E-state index contributed by atoms with van der Waals surface area (Å²) in [5.74, 6) is -1.89. The van der Waals surface area contributed by atoms with Gasteiger partial charge in [-0.1, -0.05) is 11.6 Å². The highest BCUT2D eigenvalue weighted by Crippen LogP contribution is 2.31. The molecule has 0 aliphatic carbocycles. The molecule has 30 heavy (non-hydrogen) atoms. The van der Waals surface area contributed by atoms with E-state index < -0.39 is 17.5 Å². The average molecular weight is 453 g/mol. The molecule has 1 fully saturated rings. The molecule has 0 unspecified atom stereocenters. The molecule has 0 spiro atoms. The molecule has 2 aromatic carbocycles. The van der Waals surface area contributed by atoms with Crippen LogP contribution < -0.4 is 10.6 Å². The lowest BCUT2D eigenvalue weighted by atomic mass is 9.91. The fourth-order valence-corrected chi connectivity index (χ4v) is 3.72. The Morgan fingerprint density at radius 2 is 1.83 bits per heavy atom. The number of amides is 1. The van der Waals surface area contributed by atoms with Crippen LogP contribution in [0.25, 0.3) is 5.69 Å². The summed E-state index contributed by atoms with van der Waals surface area (Å²) >= 11 is 6.00. The van der Waals surface area contributed by atoms with E-state index in [0.29, 0.717) is 10.6 Å². The Balaban J connectivity index is 0.00000256. The Morgan fingerprint density at radius 3 is 2.50 bits per heavy atom.